The summed E-state index contributed by atoms with van der Waals surface area (Å²) in [5, 5.41) is 3.16. The molecule has 7 heteroatoms. The summed E-state index contributed by atoms with van der Waals surface area (Å²) in [7, 11) is 0. The molecular formula is C18H15N3O3S. The summed E-state index contributed by atoms with van der Waals surface area (Å²) in [6.45, 7) is 1.99. The first kappa shape index (κ1) is 16.8. The fourth-order valence-electron chi connectivity index (χ4n) is 2.17. The van der Waals surface area contributed by atoms with E-state index in [2.05, 4.69) is 15.3 Å². The third kappa shape index (κ3) is 3.89. The van der Waals surface area contributed by atoms with Crippen LogP contribution in [0.25, 0.3) is 10.4 Å². The Morgan fingerprint density at radius 3 is 2.68 bits per heavy atom. The van der Waals surface area contributed by atoms with Crippen LogP contribution in [0.15, 0.2) is 55.0 Å². The molecule has 0 aliphatic heterocycles. The number of anilines is 1. The Morgan fingerprint density at radius 2 is 2.00 bits per heavy atom. The van der Waals surface area contributed by atoms with Gasteiger partial charge in [0.25, 0.3) is 5.91 Å². The standard InChI is InChI=1S/C18H15N3O3S/c1-2-24-18(23)13-10-15(12-6-4-3-5-7-12)25-17(13)21-16(22)14-11-19-8-9-20-14/h3-11H,2H2,1H3,(H,21,22). The predicted molar refractivity (Wildman–Crippen MR) is 95.7 cm³/mol. The quantitative estimate of drug-likeness (QED) is 0.708. The maximum atomic E-state index is 12.3. The molecule has 0 saturated heterocycles. The van der Waals surface area contributed by atoms with Gasteiger partial charge in [-0.1, -0.05) is 30.3 Å². The van der Waals surface area contributed by atoms with E-state index in [1.165, 1.54) is 29.9 Å². The molecule has 0 atom stereocenters. The van der Waals surface area contributed by atoms with Crippen molar-refractivity contribution >= 4 is 28.2 Å². The molecular weight excluding hydrogens is 338 g/mol. The van der Waals surface area contributed by atoms with Crippen LogP contribution >= 0.6 is 11.3 Å². The molecule has 1 amide bonds. The molecule has 0 saturated carbocycles. The van der Waals surface area contributed by atoms with Crippen LogP contribution in [0.4, 0.5) is 5.00 Å². The average Bonchev–Trinajstić information content (AvgIpc) is 3.07. The van der Waals surface area contributed by atoms with Crippen LogP contribution in [0.1, 0.15) is 27.8 Å². The second-order valence-corrected chi connectivity index (χ2v) is 6.04. The summed E-state index contributed by atoms with van der Waals surface area (Å²) < 4.78 is 5.09. The lowest BCUT2D eigenvalue weighted by atomic mass is 10.1. The fourth-order valence-corrected chi connectivity index (χ4v) is 3.22. The van der Waals surface area contributed by atoms with Crippen LogP contribution in [-0.4, -0.2) is 28.5 Å². The topological polar surface area (TPSA) is 81.2 Å². The lowest BCUT2D eigenvalue weighted by Crippen LogP contribution is -2.15. The molecule has 2 aromatic heterocycles. The Kier molecular flexibility index (Phi) is 5.15. The van der Waals surface area contributed by atoms with Gasteiger partial charge < -0.3 is 10.1 Å². The first-order valence-electron chi connectivity index (χ1n) is 7.62. The highest BCUT2D eigenvalue weighted by atomic mass is 32.1. The number of hydrogen-bond donors (Lipinski definition) is 1. The van der Waals surface area contributed by atoms with Gasteiger partial charge in [0.05, 0.1) is 18.4 Å². The van der Waals surface area contributed by atoms with Crippen LogP contribution in [0.5, 0.6) is 0 Å². The van der Waals surface area contributed by atoms with Gasteiger partial charge in [0.15, 0.2) is 0 Å². The minimum Gasteiger partial charge on any atom is -0.462 e. The molecule has 0 radical (unpaired) electrons. The Labute approximate surface area is 148 Å². The van der Waals surface area contributed by atoms with E-state index >= 15 is 0 Å². The minimum absolute atomic E-state index is 0.173. The van der Waals surface area contributed by atoms with Crippen LogP contribution < -0.4 is 5.32 Å². The Balaban J connectivity index is 1.94. The molecule has 3 aromatic rings. The fraction of sp³-hybridized carbons (Fsp3) is 0.111. The smallest absolute Gasteiger partial charge is 0.341 e. The van der Waals surface area contributed by atoms with Crippen molar-refractivity contribution in [3.63, 3.8) is 0 Å². The zero-order chi connectivity index (χ0) is 17.6. The number of thiophene rings is 1. The van der Waals surface area contributed by atoms with Crippen LogP contribution in [0.3, 0.4) is 0 Å². The van der Waals surface area contributed by atoms with E-state index in [4.69, 9.17) is 4.74 Å². The molecule has 0 unspecified atom stereocenters. The van der Waals surface area contributed by atoms with Crippen molar-refractivity contribution in [3.8, 4) is 10.4 Å². The predicted octanol–water partition coefficient (Wildman–Crippen LogP) is 3.63. The third-order valence-corrected chi connectivity index (χ3v) is 4.41. The summed E-state index contributed by atoms with van der Waals surface area (Å²) in [4.78, 5) is 33.3. The number of carbonyl (C=O) groups excluding carboxylic acids is 2. The molecule has 1 aromatic carbocycles. The van der Waals surface area contributed by atoms with Crippen molar-refractivity contribution in [2.24, 2.45) is 0 Å². The van der Waals surface area contributed by atoms with Gasteiger partial charge in [-0.25, -0.2) is 9.78 Å². The number of ether oxygens (including phenoxy) is 1. The first-order chi connectivity index (χ1) is 12.2. The van der Waals surface area contributed by atoms with Crippen molar-refractivity contribution < 1.29 is 14.3 Å². The molecule has 1 N–H and O–H groups in total. The number of rotatable bonds is 5. The SMILES string of the molecule is CCOC(=O)c1cc(-c2ccccc2)sc1NC(=O)c1cnccn1. The first-order valence-corrected chi connectivity index (χ1v) is 8.44. The summed E-state index contributed by atoms with van der Waals surface area (Å²) in [6, 6.07) is 11.3. The van der Waals surface area contributed by atoms with Gasteiger partial charge in [-0.2, -0.15) is 0 Å². The highest BCUT2D eigenvalue weighted by Crippen LogP contribution is 2.36. The number of nitrogens with one attached hydrogen (secondary N) is 1. The maximum Gasteiger partial charge on any atom is 0.341 e. The zero-order valence-electron chi connectivity index (χ0n) is 13.4. The second-order valence-electron chi connectivity index (χ2n) is 4.98. The monoisotopic (exact) mass is 353 g/mol. The molecule has 0 aliphatic carbocycles. The van der Waals surface area contributed by atoms with Gasteiger partial charge in [0.1, 0.15) is 10.7 Å². The van der Waals surface area contributed by atoms with Crippen LogP contribution in [-0.2, 0) is 4.74 Å². The molecule has 0 spiro atoms. The molecule has 6 nitrogen and oxygen atoms in total. The number of nitrogens with zero attached hydrogens (tertiary/aromatic N) is 2. The number of benzene rings is 1. The molecule has 0 bridgehead atoms. The molecule has 126 valence electrons. The number of amides is 1. The van der Waals surface area contributed by atoms with Crippen molar-refractivity contribution in [3.05, 3.63) is 66.2 Å². The van der Waals surface area contributed by atoms with Crippen LogP contribution in [0.2, 0.25) is 0 Å². The number of aromatic nitrogens is 2. The molecule has 25 heavy (non-hydrogen) atoms. The van der Waals surface area contributed by atoms with E-state index in [0.717, 1.165) is 10.4 Å². The van der Waals surface area contributed by atoms with Gasteiger partial charge in [-0.15, -0.1) is 11.3 Å². The minimum atomic E-state index is -0.477. The van der Waals surface area contributed by atoms with Crippen LogP contribution in [0, 0.1) is 0 Å². The van der Waals surface area contributed by atoms with Gasteiger partial charge in [-0.05, 0) is 18.6 Å². The van der Waals surface area contributed by atoms with Gasteiger partial charge in [0.2, 0.25) is 0 Å². The molecule has 2 heterocycles. The van der Waals surface area contributed by atoms with E-state index in [1.54, 1.807) is 13.0 Å². The third-order valence-electron chi connectivity index (χ3n) is 3.31. The lowest BCUT2D eigenvalue weighted by molar-refractivity contribution is 0.0528. The Morgan fingerprint density at radius 1 is 1.20 bits per heavy atom. The maximum absolute atomic E-state index is 12.3. The molecule has 3 rings (SSSR count). The number of esters is 1. The summed E-state index contributed by atoms with van der Waals surface area (Å²) in [6.07, 6.45) is 4.29. The molecule has 0 fully saturated rings. The Hall–Kier alpha value is -3.06. The normalized spacial score (nSPS) is 10.3. The highest BCUT2D eigenvalue weighted by Gasteiger charge is 2.20. The van der Waals surface area contributed by atoms with E-state index in [-0.39, 0.29) is 12.3 Å². The summed E-state index contributed by atoms with van der Waals surface area (Å²) >= 11 is 1.31. The van der Waals surface area contributed by atoms with Gasteiger partial charge in [0, 0.05) is 17.3 Å². The summed E-state index contributed by atoms with van der Waals surface area (Å²) in [5.74, 6) is -0.907. The van der Waals surface area contributed by atoms with Crippen molar-refractivity contribution in [2.45, 2.75) is 6.92 Å². The average molecular weight is 353 g/mol. The van der Waals surface area contributed by atoms with E-state index < -0.39 is 11.9 Å². The highest BCUT2D eigenvalue weighted by molar-refractivity contribution is 7.20. The zero-order valence-corrected chi connectivity index (χ0v) is 14.2. The lowest BCUT2D eigenvalue weighted by Gasteiger charge is -2.05. The number of hydrogen-bond acceptors (Lipinski definition) is 6. The number of carbonyl (C=O) groups is 2. The largest absolute Gasteiger partial charge is 0.462 e. The van der Waals surface area contributed by atoms with Crippen molar-refractivity contribution in [1.29, 1.82) is 0 Å². The summed E-state index contributed by atoms with van der Waals surface area (Å²) in [5.41, 5.74) is 1.45. The Bertz CT molecular complexity index is 879. The van der Waals surface area contributed by atoms with Gasteiger partial charge in [-0.3, -0.25) is 9.78 Å². The van der Waals surface area contributed by atoms with Crippen molar-refractivity contribution in [1.82, 2.24) is 9.97 Å². The van der Waals surface area contributed by atoms with Crippen molar-refractivity contribution in [2.75, 3.05) is 11.9 Å². The van der Waals surface area contributed by atoms with E-state index in [1.807, 2.05) is 30.3 Å². The molecule has 0 aliphatic rings. The van der Waals surface area contributed by atoms with E-state index in [9.17, 15) is 9.59 Å². The second kappa shape index (κ2) is 7.67. The van der Waals surface area contributed by atoms with Gasteiger partial charge >= 0.3 is 5.97 Å². The van der Waals surface area contributed by atoms with E-state index in [0.29, 0.717) is 10.6 Å².